The van der Waals surface area contributed by atoms with E-state index < -0.39 is 5.60 Å². The van der Waals surface area contributed by atoms with Crippen LogP contribution in [0.1, 0.15) is 39.2 Å². The average Bonchev–Trinajstić information content (AvgIpc) is 2.51. The molecule has 1 saturated heterocycles. The fourth-order valence-corrected chi connectivity index (χ4v) is 2.47. The molecule has 0 bridgehead atoms. The van der Waals surface area contributed by atoms with Gasteiger partial charge in [-0.3, -0.25) is 0 Å². The molecule has 4 heteroatoms. The predicted molar refractivity (Wildman–Crippen MR) is 92.3 cm³/mol. The highest BCUT2D eigenvalue weighted by atomic mass is 16.6. The van der Waals surface area contributed by atoms with Crippen molar-refractivity contribution in [2.24, 2.45) is 0 Å². The Hall–Kier alpha value is -1.81. The van der Waals surface area contributed by atoms with Crippen LogP contribution in [0.5, 0.6) is 0 Å². The first kappa shape index (κ1) is 17.5. The molecule has 0 N–H and O–H groups in total. The second kappa shape index (κ2) is 8.16. The fourth-order valence-electron chi connectivity index (χ4n) is 2.47. The Morgan fingerprint density at radius 1 is 1.22 bits per heavy atom. The van der Waals surface area contributed by atoms with Crippen molar-refractivity contribution in [2.75, 3.05) is 19.7 Å². The fraction of sp³-hybridized carbons (Fsp3) is 0.526. The van der Waals surface area contributed by atoms with E-state index in [9.17, 15) is 4.79 Å². The zero-order valence-electron chi connectivity index (χ0n) is 14.3. The van der Waals surface area contributed by atoms with E-state index in [1.807, 2.05) is 45.0 Å². The summed E-state index contributed by atoms with van der Waals surface area (Å²) in [6.07, 6.45) is 5.82. The third kappa shape index (κ3) is 6.45. The molecule has 23 heavy (non-hydrogen) atoms. The monoisotopic (exact) mass is 317 g/mol. The van der Waals surface area contributed by atoms with Gasteiger partial charge < -0.3 is 14.4 Å². The second-order valence-corrected chi connectivity index (χ2v) is 6.81. The van der Waals surface area contributed by atoms with Gasteiger partial charge in [-0.25, -0.2) is 4.79 Å². The van der Waals surface area contributed by atoms with Crippen LogP contribution in [0.25, 0.3) is 6.08 Å². The van der Waals surface area contributed by atoms with E-state index in [0.717, 1.165) is 12.8 Å². The molecule has 1 fully saturated rings. The van der Waals surface area contributed by atoms with Crippen molar-refractivity contribution >= 4 is 12.2 Å². The van der Waals surface area contributed by atoms with Gasteiger partial charge in [0, 0.05) is 13.1 Å². The third-order valence-electron chi connectivity index (χ3n) is 3.63. The Balaban J connectivity index is 1.67. The Kier molecular flexibility index (Phi) is 6.22. The summed E-state index contributed by atoms with van der Waals surface area (Å²) >= 11 is 0. The highest BCUT2D eigenvalue weighted by Crippen LogP contribution is 2.17. The number of likely N-dealkylation sites (tertiary alicyclic amines) is 1. The summed E-state index contributed by atoms with van der Waals surface area (Å²) in [6.45, 7) is 7.66. The predicted octanol–water partition coefficient (Wildman–Crippen LogP) is 4.12. The van der Waals surface area contributed by atoms with Gasteiger partial charge >= 0.3 is 6.09 Å². The molecular weight excluding hydrogens is 290 g/mol. The van der Waals surface area contributed by atoms with Gasteiger partial charge in [-0.05, 0) is 39.2 Å². The summed E-state index contributed by atoms with van der Waals surface area (Å²) < 4.78 is 11.3. The molecule has 1 aliphatic heterocycles. The average molecular weight is 317 g/mol. The number of hydrogen-bond acceptors (Lipinski definition) is 3. The molecule has 2 rings (SSSR count). The summed E-state index contributed by atoms with van der Waals surface area (Å²) in [6, 6.07) is 10.2. The van der Waals surface area contributed by atoms with Gasteiger partial charge in [0.1, 0.15) is 5.60 Å². The van der Waals surface area contributed by atoms with Gasteiger partial charge in [0.05, 0.1) is 12.7 Å². The first-order valence-corrected chi connectivity index (χ1v) is 8.25. The van der Waals surface area contributed by atoms with Crippen molar-refractivity contribution in [3.63, 3.8) is 0 Å². The number of hydrogen-bond donors (Lipinski definition) is 0. The molecule has 1 aromatic carbocycles. The minimum absolute atomic E-state index is 0.217. The van der Waals surface area contributed by atoms with E-state index in [0.29, 0.717) is 19.7 Å². The first-order valence-electron chi connectivity index (χ1n) is 8.25. The van der Waals surface area contributed by atoms with Crippen LogP contribution in [0.3, 0.4) is 0 Å². The molecule has 1 aliphatic rings. The maximum absolute atomic E-state index is 12.0. The van der Waals surface area contributed by atoms with Gasteiger partial charge in [-0.15, -0.1) is 0 Å². The standard InChI is InChI=1S/C19H27NO3/c1-19(2,3)23-18(21)20-13-11-17(12-14-20)22-15-7-10-16-8-5-4-6-9-16/h4-10,17H,11-15H2,1-3H3. The molecular formula is C19H27NO3. The zero-order valence-corrected chi connectivity index (χ0v) is 14.3. The van der Waals surface area contributed by atoms with Crippen molar-refractivity contribution in [1.29, 1.82) is 0 Å². The normalized spacial score (nSPS) is 16.7. The van der Waals surface area contributed by atoms with Crippen molar-refractivity contribution in [1.82, 2.24) is 4.90 Å². The van der Waals surface area contributed by atoms with Crippen LogP contribution >= 0.6 is 0 Å². The number of piperidine rings is 1. The van der Waals surface area contributed by atoms with E-state index in [4.69, 9.17) is 9.47 Å². The van der Waals surface area contributed by atoms with Crippen LogP contribution in [-0.2, 0) is 9.47 Å². The highest BCUT2D eigenvalue weighted by Gasteiger charge is 2.26. The molecule has 0 aliphatic carbocycles. The lowest BCUT2D eigenvalue weighted by Crippen LogP contribution is -2.43. The molecule has 0 aromatic heterocycles. The topological polar surface area (TPSA) is 38.8 Å². The highest BCUT2D eigenvalue weighted by molar-refractivity contribution is 5.68. The quantitative estimate of drug-likeness (QED) is 0.838. The second-order valence-electron chi connectivity index (χ2n) is 6.81. The molecule has 0 unspecified atom stereocenters. The van der Waals surface area contributed by atoms with Gasteiger partial charge in [0.25, 0.3) is 0 Å². The molecule has 1 aromatic rings. The van der Waals surface area contributed by atoms with Crippen LogP contribution in [0.2, 0.25) is 0 Å². The molecule has 0 atom stereocenters. The summed E-state index contributed by atoms with van der Waals surface area (Å²) in [5, 5.41) is 0. The summed E-state index contributed by atoms with van der Waals surface area (Å²) in [4.78, 5) is 13.8. The molecule has 126 valence electrons. The minimum atomic E-state index is -0.438. The van der Waals surface area contributed by atoms with Crippen molar-refractivity contribution in [3.05, 3.63) is 42.0 Å². The Bertz CT molecular complexity index is 511. The lowest BCUT2D eigenvalue weighted by Gasteiger charge is -2.33. The van der Waals surface area contributed by atoms with E-state index in [1.54, 1.807) is 4.90 Å². The smallest absolute Gasteiger partial charge is 0.410 e. The lowest BCUT2D eigenvalue weighted by molar-refractivity contribution is -0.00463. The number of nitrogens with zero attached hydrogens (tertiary/aromatic N) is 1. The number of rotatable bonds is 4. The number of benzene rings is 1. The third-order valence-corrected chi connectivity index (χ3v) is 3.63. The van der Waals surface area contributed by atoms with E-state index in [2.05, 4.69) is 18.2 Å². The molecule has 0 spiro atoms. The van der Waals surface area contributed by atoms with E-state index in [-0.39, 0.29) is 12.2 Å². The first-order chi connectivity index (χ1) is 10.9. The Morgan fingerprint density at radius 3 is 2.48 bits per heavy atom. The van der Waals surface area contributed by atoms with Gasteiger partial charge in [0.2, 0.25) is 0 Å². The molecule has 0 radical (unpaired) electrons. The number of amides is 1. The number of carbonyl (C=O) groups excluding carboxylic acids is 1. The molecule has 1 heterocycles. The Morgan fingerprint density at radius 2 is 1.87 bits per heavy atom. The molecule has 0 saturated carbocycles. The SMILES string of the molecule is CC(C)(C)OC(=O)N1CCC(OCC=Cc2ccccc2)CC1. The van der Waals surface area contributed by atoms with E-state index in [1.165, 1.54) is 5.56 Å². The summed E-state index contributed by atoms with van der Waals surface area (Å²) in [5.41, 5.74) is 0.739. The largest absolute Gasteiger partial charge is 0.444 e. The van der Waals surface area contributed by atoms with Gasteiger partial charge in [0.15, 0.2) is 0 Å². The number of carbonyl (C=O) groups is 1. The van der Waals surface area contributed by atoms with E-state index >= 15 is 0 Å². The maximum atomic E-state index is 12.0. The summed E-state index contributed by atoms with van der Waals surface area (Å²) in [7, 11) is 0. The van der Waals surface area contributed by atoms with Crippen LogP contribution in [0.15, 0.2) is 36.4 Å². The van der Waals surface area contributed by atoms with Gasteiger partial charge in [-0.1, -0.05) is 42.5 Å². The maximum Gasteiger partial charge on any atom is 0.410 e. The van der Waals surface area contributed by atoms with Crippen molar-refractivity contribution in [3.8, 4) is 0 Å². The van der Waals surface area contributed by atoms with Crippen LogP contribution < -0.4 is 0 Å². The van der Waals surface area contributed by atoms with Crippen LogP contribution in [-0.4, -0.2) is 42.4 Å². The van der Waals surface area contributed by atoms with Crippen molar-refractivity contribution in [2.45, 2.75) is 45.3 Å². The molecule has 4 nitrogen and oxygen atoms in total. The molecule has 1 amide bonds. The van der Waals surface area contributed by atoms with Crippen LogP contribution in [0.4, 0.5) is 4.79 Å². The van der Waals surface area contributed by atoms with Crippen LogP contribution in [0, 0.1) is 0 Å². The summed E-state index contributed by atoms with van der Waals surface area (Å²) in [5.74, 6) is 0. The number of ether oxygens (including phenoxy) is 2. The van der Waals surface area contributed by atoms with Gasteiger partial charge in [-0.2, -0.15) is 0 Å². The van der Waals surface area contributed by atoms with Crippen molar-refractivity contribution < 1.29 is 14.3 Å². The Labute approximate surface area is 139 Å². The zero-order chi connectivity index (χ0) is 16.7. The minimum Gasteiger partial charge on any atom is -0.444 e. The lowest BCUT2D eigenvalue weighted by atomic mass is 10.1.